The van der Waals surface area contributed by atoms with Crippen molar-refractivity contribution in [2.45, 2.75) is 32.9 Å². The number of hydrogen-bond donors (Lipinski definition) is 2. The third-order valence-electron chi connectivity index (χ3n) is 2.50. The van der Waals surface area contributed by atoms with Crippen LogP contribution in [0.2, 0.25) is 0 Å². The van der Waals surface area contributed by atoms with Crippen LogP contribution in [-0.4, -0.2) is 21.0 Å². The highest BCUT2D eigenvalue weighted by Gasteiger charge is 2.02. The number of aromatic nitrogens is 3. The highest BCUT2D eigenvalue weighted by molar-refractivity contribution is 5.16. The van der Waals surface area contributed by atoms with Crippen LogP contribution in [0.3, 0.4) is 0 Å². The first-order chi connectivity index (χ1) is 8.24. The maximum Gasteiger partial charge on any atom is 0.110 e. The molecular weight excluding hydrogens is 212 g/mol. The summed E-state index contributed by atoms with van der Waals surface area (Å²) in [6.45, 7) is 5.10. The second-order valence-corrected chi connectivity index (χ2v) is 4.42. The first kappa shape index (κ1) is 11.8. The van der Waals surface area contributed by atoms with Crippen LogP contribution in [0.5, 0.6) is 0 Å². The Balaban J connectivity index is 1.94. The van der Waals surface area contributed by atoms with Crippen LogP contribution < -0.4 is 5.32 Å². The molecule has 0 atom stereocenters. The van der Waals surface area contributed by atoms with Crippen molar-refractivity contribution in [3.8, 4) is 0 Å². The summed E-state index contributed by atoms with van der Waals surface area (Å²) in [5, 5.41) is 3.36. The Hall–Kier alpha value is -1.68. The lowest BCUT2D eigenvalue weighted by Gasteiger charge is -2.05. The summed E-state index contributed by atoms with van der Waals surface area (Å²) in [7, 11) is 0. The first-order valence-electron chi connectivity index (χ1n) is 5.89. The van der Waals surface area contributed by atoms with Crippen molar-refractivity contribution in [1.82, 2.24) is 20.3 Å². The molecule has 0 spiro atoms. The summed E-state index contributed by atoms with van der Waals surface area (Å²) in [6.07, 6.45) is 6.33. The van der Waals surface area contributed by atoms with Crippen molar-refractivity contribution in [2.24, 2.45) is 0 Å². The molecular formula is C13H18N4. The van der Waals surface area contributed by atoms with Crippen LogP contribution >= 0.6 is 0 Å². The van der Waals surface area contributed by atoms with Gasteiger partial charge in [0.2, 0.25) is 0 Å². The second kappa shape index (κ2) is 5.59. The molecule has 2 heterocycles. The van der Waals surface area contributed by atoms with Gasteiger partial charge in [-0.25, -0.2) is 4.98 Å². The predicted octanol–water partition coefficient (Wildman–Crippen LogP) is 1.89. The molecule has 0 fully saturated rings. The Kier molecular flexibility index (Phi) is 3.88. The summed E-state index contributed by atoms with van der Waals surface area (Å²) in [6, 6.07) is 4.50. The van der Waals surface area contributed by atoms with E-state index in [0.717, 1.165) is 24.5 Å². The minimum atomic E-state index is 0.488. The van der Waals surface area contributed by atoms with E-state index in [1.54, 1.807) is 12.4 Å². The molecule has 0 unspecified atom stereocenters. The van der Waals surface area contributed by atoms with Crippen molar-refractivity contribution in [1.29, 1.82) is 0 Å². The summed E-state index contributed by atoms with van der Waals surface area (Å²) in [5.41, 5.74) is 2.35. The molecule has 0 aliphatic rings. The highest BCUT2D eigenvalue weighted by atomic mass is 15.0. The fourth-order valence-electron chi connectivity index (χ4n) is 1.59. The summed E-state index contributed by atoms with van der Waals surface area (Å²) in [5.74, 6) is 0.997. The second-order valence-electron chi connectivity index (χ2n) is 4.42. The molecule has 0 amide bonds. The molecule has 0 radical (unpaired) electrons. The third-order valence-corrected chi connectivity index (χ3v) is 2.50. The zero-order chi connectivity index (χ0) is 12.1. The number of rotatable bonds is 5. The molecule has 0 aliphatic heterocycles. The van der Waals surface area contributed by atoms with Crippen LogP contribution in [0.1, 0.15) is 30.9 Å². The molecule has 2 aromatic heterocycles. The Morgan fingerprint density at radius 3 is 2.76 bits per heavy atom. The number of nitrogens with zero attached hydrogens (tertiary/aromatic N) is 2. The average molecular weight is 230 g/mol. The summed E-state index contributed by atoms with van der Waals surface area (Å²) < 4.78 is 0. The number of imidazole rings is 1. The Bertz CT molecular complexity index is 447. The standard InChI is InChI=1S/C13H18N4/c1-10(2)15-8-12-9-16-13(17-12)7-11-3-5-14-6-4-11/h3-6,9-10,15H,7-8H2,1-2H3,(H,16,17). The number of pyridine rings is 1. The van der Waals surface area contributed by atoms with Gasteiger partial charge < -0.3 is 10.3 Å². The fourth-order valence-corrected chi connectivity index (χ4v) is 1.59. The number of aromatic amines is 1. The molecule has 90 valence electrons. The molecule has 4 nitrogen and oxygen atoms in total. The van der Waals surface area contributed by atoms with Crippen molar-refractivity contribution in [2.75, 3.05) is 0 Å². The van der Waals surface area contributed by atoms with Crippen molar-refractivity contribution >= 4 is 0 Å². The van der Waals surface area contributed by atoms with E-state index in [9.17, 15) is 0 Å². The fraction of sp³-hybridized carbons (Fsp3) is 0.385. The molecule has 0 aliphatic carbocycles. The van der Waals surface area contributed by atoms with Gasteiger partial charge in [0.1, 0.15) is 5.82 Å². The van der Waals surface area contributed by atoms with E-state index in [4.69, 9.17) is 0 Å². The first-order valence-corrected chi connectivity index (χ1v) is 5.89. The quantitative estimate of drug-likeness (QED) is 0.824. The lowest BCUT2D eigenvalue weighted by atomic mass is 10.2. The van der Waals surface area contributed by atoms with Crippen LogP contribution in [0.4, 0.5) is 0 Å². The third kappa shape index (κ3) is 3.67. The van der Waals surface area contributed by atoms with Gasteiger partial charge in [-0.2, -0.15) is 0 Å². The van der Waals surface area contributed by atoms with Crippen LogP contribution in [0.25, 0.3) is 0 Å². The summed E-state index contributed by atoms with van der Waals surface area (Å²) >= 11 is 0. The lowest BCUT2D eigenvalue weighted by Crippen LogP contribution is -2.21. The van der Waals surface area contributed by atoms with Gasteiger partial charge in [-0.1, -0.05) is 13.8 Å². The van der Waals surface area contributed by atoms with Crippen LogP contribution in [0, 0.1) is 0 Å². The predicted molar refractivity (Wildman–Crippen MR) is 67.6 cm³/mol. The largest absolute Gasteiger partial charge is 0.345 e. The molecule has 0 aromatic carbocycles. The molecule has 2 aromatic rings. The van der Waals surface area contributed by atoms with E-state index >= 15 is 0 Å². The SMILES string of the molecule is CC(C)NCc1cnc(Cc2ccncc2)[nH]1. The van der Waals surface area contributed by atoms with E-state index in [0.29, 0.717) is 6.04 Å². The van der Waals surface area contributed by atoms with Gasteiger partial charge in [-0.15, -0.1) is 0 Å². The molecule has 0 saturated heterocycles. The van der Waals surface area contributed by atoms with E-state index in [-0.39, 0.29) is 0 Å². The highest BCUT2D eigenvalue weighted by Crippen LogP contribution is 2.05. The number of hydrogen-bond acceptors (Lipinski definition) is 3. The Labute approximate surface area is 102 Å². The average Bonchev–Trinajstić information content (AvgIpc) is 2.75. The normalized spacial score (nSPS) is 11.0. The van der Waals surface area contributed by atoms with E-state index in [1.165, 1.54) is 5.56 Å². The van der Waals surface area contributed by atoms with E-state index < -0.39 is 0 Å². The molecule has 17 heavy (non-hydrogen) atoms. The van der Waals surface area contributed by atoms with Gasteiger partial charge in [-0.3, -0.25) is 4.98 Å². The van der Waals surface area contributed by atoms with Crippen molar-refractivity contribution in [3.63, 3.8) is 0 Å². The molecule has 2 rings (SSSR count). The number of H-pyrrole nitrogens is 1. The Morgan fingerprint density at radius 1 is 1.29 bits per heavy atom. The molecule has 0 saturated carbocycles. The van der Waals surface area contributed by atoms with Gasteiger partial charge in [0.25, 0.3) is 0 Å². The lowest BCUT2D eigenvalue weighted by molar-refractivity contribution is 0.582. The molecule has 2 N–H and O–H groups in total. The van der Waals surface area contributed by atoms with Gasteiger partial charge in [0.15, 0.2) is 0 Å². The van der Waals surface area contributed by atoms with Crippen molar-refractivity contribution < 1.29 is 0 Å². The van der Waals surface area contributed by atoms with Gasteiger partial charge >= 0.3 is 0 Å². The zero-order valence-electron chi connectivity index (χ0n) is 10.3. The monoisotopic (exact) mass is 230 g/mol. The van der Waals surface area contributed by atoms with Gasteiger partial charge in [0, 0.05) is 43.3 Å². The van der Waals surface area contributed by atoms with Gasteiger partial charge in [0.05, 0.1) is 0 Å². The molecule has 0 bridgehead atoms. The maximum absolute atomic E-state index is 4.37. The Morgan fingerprint density at radius 2 is 2.06 bits per heavy atom. The van der Waals surface area contributed by atoms with Crippen LogP contribution in [0.15, 0.2) is 30.7 Å². The zero-order valence-corrected chi connectivity index (χ0v) is 10.3. The van der Waals surface area contributed by atoms with E-state index in [1.807, 2.05) is 18.3 Å². The number of nitrogens with one attached hydrogen (secondary N) is 2. The van der Waals surface area contributed by atoms with Gasteiger partial charge in [-0.05, 0) is 17.7 Å². The summed E-state index contributed by atoms with van der Waals surface area (Å²) in [4.78, 5) is 11.7. The van der Waals surface area contributed by atoms with E-state index in [2.05, 4.69) is 34.1 Å². The van der Waals surface area contributed by atoms with Crippen LogP contribution in [-0.2, 0) is 13.0 Å². The van der Waals surface area contributed by atoms with Crippen molar-refractivity contribution in [3.05, 3.63) is 47.8 Å². The topological polar surface area (TPSA) is 53.6 Å². The molecule has 4 heteroatoms. The minimum absolute atomic E-state index is 0.488. The minimum Gasteiger partial charge on any atom is -0.345 e. The maximum atomic E-state index is 4.37. The smallest absolute Gasteiger partial charge is 0.110 e.